The first-order valence-electron chi connectivity index (χ1n) is 10.4. The molecule has 0 bridgehead atoms. The lowest BCUT2D eigenvalue weighted by molar-refractivity contribution is 0.0600. The highest BCUT2D eigenvalue weighted by atomic mass is 16.5. The number of methoxy groups -OCH3 is 1. The third-order valence-electron chi connectivity index (χ3n) is 5.89. The number of imidazole rings is 1. The molecule has 1 aliphatic heterocycles. The fraction of sp³-hybridized carbons (Fsp3) is 0.208. The van der Waals surface area contributed by atoms with Crippen LogP contribution in [0, 0.1) is 0 Å². The van der Waals surface area contributed by atoms with Crippen molar-refractivity contribution in [2.24, 2.45) is 0 Å². The second-order valence-electron chi connectivity index (χ2n) is 7.75. The van der Waals surface area contributed by atoms with E-state index in [0.29, 0.717) is 28.0 Å². The lowest BCUT2D eigenvalue weighted by Gasteiger charge is -2.10. The molecule has 8 nitrogen and oxygen atoms in total. The molecule has 4 aromatic rings. The van der Waals surface area contributed by atoms with Gasteiger partial charge >= 0.3 is 11.7 Å². The summed E-state index contributed by atoms with van der Waals surface area (Å²) >= 11 is 0. The Kier molecular flexibility index (Phi) is 4.99. The molecule has 1 fully saturated rings. The number of nitrogens with one attached hydrogen (secondary N) is 1. The normalized spacial score (nSPS) is 15.8. The van der Waals surface area contributed by atoms with Crippen LogP contribution in [0.5, 0.6) is 5.75 Å². The first kappa shape index (κ1) is 20.0. The van der Waals surface area contributed by atoms with Gasteiger partial charge in [0, 0.05) is 24.4 Å². The van der Waals surface area contributed by atoms with E-state index in [-0.39, 0.29) is 17.5 Å². The quantitative estimate of drug-likeness (QED) is 0.483. The van der Waals surface area contributed by atoms with E-state index >= 15 is 0 Å². The third kappa shape index (κ3) is 3.25. The van der Waals surface area contributed by atoms with Gasteiger partial charge in [0.15, 0.2) is 5.65 Å². The summed E-state index contributed by atoms with van der Waals surface area (Å²) in [5.41, 5.74) is 3.48. The first-order valence-corrected chi connectivity index (χ1v) is 10.4. The molecule has 1 saturated heterocycles. The molecule has 0 radical (unpaired) electrons. The summed E-state index contributed by atoms with van der Waals surface area (Å²) in [6.45, 7) is 1.59. The van der Waals surface area contributed by atoms with Gasteiger partial charge in [-0.3, -0.25) is 9.13 Å². The summed E-state index contributed by atoms with van der Waals surface area (Å²) in [6, 6.07) is 15.6. The molecule has 2 N–H and O–H groups in total. The Balaban J connectivity index is 1.58. The monoisotopic (exact) mass is 430 g/mol. The molecule has 5 rings (SSSR count). The van der Waals surface area contributed by atoms with Gasteiger partial charge in [0.1, 0.15) is 5.75 Å². The number of aromatic hydroxyl groups is 1. The predicted molar refractivity (Wildman–Crippen MR) is 120 cm³/mol. The van der Waals surface area contributed by atoms with Gasteiger partial charge in [0.25, 0.3) is 0 Å². The SMILES string of the molecule is COC(=O)c1ccc(-c2ccc(-n3c(=O)n([C@H]4CCNC4)c4ncccc43)cc2O)cc1. The Morgan fingerprint density at radius 1 is 1.19 bits per heavy atom. The van der Waals surface area contributed by atoms with E-state index in [0.717, 1.165) is 25.1 Å². The molecule has 0 amide bonds. The summed E-state index contributed by atoms with van der Waals surface area (Å²) in [5, 5.41) is 14.1. The highest BCUT2D eigenvalue weighted by Crippen LogP contribution is 2.32. The number of benzene rings is 2. The number of fused-ring (bicyclic) bond motifs is 1. The fourth-order valence-corrected chi connectivity index (χ4v) is 4.30. The van der Waals surface area contributed by atoms with Gasteiger partial charge in [-0.05, 0) is 54.9 Å². The zero-order chi connectivity index (χ0) is 22.2. The van der Waals surface area contributed by atoms with Crippen molar-refractivity contribution in [3.63, 3.8) is 0 Å². The Hall–Kier alpha value is -3.91. The van der Waals surface area contributed by atoms with E-state index in [9.17, 15) is 14.7 Å². The van der Waals surface area contributed by atoms with Crippen LogP contribution < -0.4 is 11.0 Å². The number of ether oxygens (including phenoxy) is 1. The van der Waals surface area contributed by atoms with E-state index in [1.54, 1.807) is 63.9 Å². The van der Waals surface area contributed by atoms with Gasteiger partial charge in [0.05, 0.1) is 29.9 Å². The third-order valence-corrected chi connectivity index (χ3v) is 5.89. The van der Waals surface area contributed by atoms with E-state index in [1.165, 1.54) is 7.11 Å². The maximum absolute atomic E-state index is 13.4. The largest absolute Gasteiger partial charge is 0.507 e. The number of nitrogens with zero attached hydrogens (tertiary/aromatic N) is 3. The standard InChI is InChI=1S/C24H22N4O4/c1-32-23(30)16-6-4-15(5-7-16)19-9-8-17(13-21(19)29)27-20-3-2-11-26-22(20)28(24(27)31)18-10-12-25-14-18/h2-9,11,13,18,25,29H,10,12,14H2,1H3/t18-/m0/s1. The van der Waals surface area contributed by atoms with Crippen LogP contribution in [0.1, 0.15) is 22.8 Å². The van der Waals surface area contributed by atoms with E-state index in [1.807, 2.05) is 6.07 Å². The Bertz CT molecular complexity index is 1370. The molecule has 0 spiro atoms. The fourth-order valence-electron chi connectivity index (χ4n) is 4.30. The van der Waals surface area contributed by atoms with Crippen LogP contribution in [-0.4, -0.2) is 45.4 Å². The van der Waals surface area contributed by atoms with Crippen LogP contribution in [0.2, 0.25) is 0 Å². The van der Waals surface area contributed by atoms with Gasteiger partial charge in [-0.15, -0.1) is 0 Å². The maximum Gasteiger partial charge on any atom is 0.337 e. The molecule has 3 heterocycles. The maximum atomic E-state index is 13.4. The molecular formula is C24H22N4O4. The minimum Gasteiger partial charge on any atom is -0.507 e. The van der Waals surface area contributed by atoms with Crippen molar-refractivity contribution < 1.29 is 14.6 Å². The summed E-state index contributed by atoms with van der Waals surface area (Å²) in [7, 11) is 1.33. The molecule has 0 aliphatic carbocycles. The van der Waals surface area contributed by atoms with Crippen molar-refractivity contribution in [3.05, 3.63) is 76.8 Å². The number of hydrogen-bond acceptors (Lipinski definition) is 6. The number of phenolic OH excluding ortho intramolecular Hbond substituents is 1. The summed E-state index contributed by atoms with van der Waals surface area (Å²) in [5.74, 6) is -0.384. The van der Waals surface area contributed by atoms with Crippen LogP contribution in [-0.2, 0) is 4.74 Å². The minimum absolute atomic E-state index is 0.0348. The Morgan fingerprint density at radius 3 is 2.69 bits per heavy atom. The molecular weight excluding hydrogens is 408 g/mol. The second kappa shape index (κ2) is 7.97. The highest BCUT2D eigenvalue weighted by molar-refractivity contribution is 5.90. The first-order chi connectivity index (χ1) is 15.6. The summed E-state index contributed by atoms with van der Waals surface area (Å²) in [4.78, 5) is 29.5. The van der Waals surface area contributed by atoms with Gasteiger partial charge in [0.2, 0.25) is 0 Å². The molecule has 2 aromatic carbocycles. The molecule has 0 saturated carbocycles. The average molecular weight is 430 g/mol. The van der Waals surface area contributed by atoms with Crippen LogP contribution >= 0.6 is 0 Å². The number of pyridine rings is 1. The van der Waals surface area contributed by atoms with E-state index in [2.05, 4.69) is 10.3 Å². The highest BCUT2D eigenvalue weighted by Gasteiger charge is 2.24. The second-order valence-corrected chi connectivity index (χ2v) is 7.75. The van der Waals surface area contributed by atoms with E-state index in [4.69, 9.17) is 4.74 Å². The molecule has 162 valence electrons. The number of esters is 1. The molecule has 1 aliphatic rings. The van der Waals surface area contributed by atoms with E-state index < -0.39 is 5.97 Å². The van der Waals surface area contributed by atoms with Gasteiger partial charge in [-0.1, -0.05) is 12.1 Å². The van der Waals surface area contributed by atoms with Gasteiger partial charge < -0.3 is 15.2 Å². The zero-order valence-electron chi connectivity index (χ0n) is 17.5. The van der Waals surface area contributed by atoms with Gasteiger partial charge in [-0.25, -0.2) is 14.6 Å². The summed E-state index contributed by atoms with van der Waals surface area (Å²) in [6.07, 6.45) is 2.55. The molecule has 8 heteroatoms. The average Bonchev–Trinajstić information content (AvgIpc) is 3.44. The lowest BCUT2D eigenvalue weighted by Crippen LogP contribution is -2.28. The number of hydrogen-bond donors (Lipinski definition) is 2. The molecule has 1 atom stereocenters. The lowest BCUT2D eigenvalue weighted by atomic mass is 10.0. The smallest absolute Gasteiger partial charge is 0.337 e. The number of carbonyl (C=O) groups excluding carboxylic acids is 1. The molecule has 0 unspecified atom stereocenters. The number of rotatable bonds is 4. The van der Waals surface area contributed by atoms with Crippen LogP contribution in [0.15, 0.2) is 65.6 Å². The van der Waals surface area contributed by atoms with Crippen molar-refractivity contribution in [2.45, 2.75) is 12.5 Å². The minimum atomic E-state index is -0.419. The summed E-state index contributed by atoms with van der Waals surface area (Å²) < 4.78 is 8.05. The van der Waals surface area contributed by atoms with Crippen LogP contribution in [0.4, 0.5) is 0 Å². The van der Waals surface area contributed by atoms with Crippen molar-refractivity contribution in [3.8, 4) is 22.6 Å². The number of phenols is 1. The Labute approximate surface area is 183 Å². The van der Waals surface area contributed by atoms with Crippen LogP contribution in [0.25, 0.3) is 28.0 Å². The van der Waals surface area contributed by atoms with Crippen molar-refractivity contribution in [1.29, 1.82) is 0 Å². The van der Waals surface area contributed by atoms with Crippen molar-refractivity contribution in [2.75, 3.05) is 20.2 Å². The number of carbonyl (C=O) groups is 1. The van der Waals surface area contributed by atoms with Crippen molar-refractivity contribution in [1.82, 2.24) is 19.4 Å². The molecule has 2 aromatic heterocycles. The topological polar surface area (TPSA) is 98.4 Å². The van der Waals surface area contributed by atoms with Crippen molar-refractivity contribution >= 4 is 17.1 Å². The Morgan fingerprint density at radius 2 is 2.00 bits per heavy atom. The molecule has 32 heavy (non-hydrogen) atoms. The van der Waals surface area contributed by atoms with Gasteiger partial charge in [-0.2, -0.15) is 0 Å². The number of aromatic nitrogens is 3. The van der Waals surface area contributed by atoms with Crippen LogP contribution in [0.3, 0.4) is 0 Å². The predicted octanol–water partition coefficient (Wildman–Crippen LogP) is 2.88. The zero-order valence-corrected chi connectivity index (χ0v) is 17.5.